The Balaban J connectivity index is 0.00000186. The Labute approximate surface area is 218 Å². The monoisotopic (exact) mass is 514 g/mol. The molecule has 5 rings (SSSR count). The number of primary amides is 1. The Kier molecular flexibility index (Phi) is 9.91. The molecular weight excluding hydrogens is 472 g/mol. The molecule has 4 bridgehead atoms. The molecule has 1 aromatic rings. The first kappa shape index (κ1) is 28.4. The molecule has 4 aliphatic carbocycles. The van der Waals surface area contributed by atoms with E-state index >= 15 is 0 Å². The Hall–Kier alpha value is -3.14. The predicted molar refractivity (Wildman–Crippen MR) is 142 cm³/mol. The summed E-state index contributed by atoms with van der Waals surface area (Å²) >= 11 is 0. The van der Waals surface area contributed by atoms with Gasteiger partial charge >= 0.3 is 0 Å². The fourth-order valence-corrected chi connectivity index (χ4v) is 6.82. The number of aliphatic imine (C=N–C) groups is 1. The van der Waals surface area contributed by atoms with E-state index in [0.29, 0.717) is 37.1 Å². The van der Waals surface area contributed by atoms with E-state index in [1.807, 2.05) is 30.3 Å². The molecule has 4 fully saturated rings. The molecule has 4 saturated carbocycles. The number of aliphatic hydroxyl groups excluding tert-OH is 1. The van der Waals surface area contributed by atoms with Crippen LogP contribution in [0.25, 0.3) is 0 Å². The van der Waals surface area contributed by atoms with Gasteiger partial charge in [0, 0.05) is 25.5 Å². The van der Waals surface area contributed by atoms with Crippen LogP contribution >= 0.6 is 0 Å². The third-order valence-electron chi connectivity index (χ3n) is 8.03. The molecule has 204 valence electrons. The second-order valence-electron chi connectivity index (χ2n) is 10.8. The number of nitrogens with one attached hydrogen (secondary N) is 2. The van der Waals surface area contributed by atoms with Crippen LogP contribution in [0.5, 0.6) is 0 Å². The molecule has 0 radical (unpaired) electrons. The maximum atomic E-state index is 13.6. The number of hydrogen-bond acceptors (Lipinski definition) is 5. The average Bonchev–Trinajstić information content (AvgIpc) is 2.86. The van der Waals surface area contributed by atoms with Gasteiger partial charge in [-0.1, -0.05) is 30.3 Å². The lowest BCUT2D eigenvalue weighted by Crippen LogP contribution is -2.58. The highest BCUT2D eigenvalue weighted by atomic mass is 16.2. The van der Waals surface area contributed by atoms with Crippen LogP contribution in [-0.4, -0.2) is 54.5 Å². The van der Waals surface area contributed by atoms with Gasteiger partial charge in [-0.2, -0.15) is 0 Å². The van der Waals surface area contributed by atoms with Crippen LogP contribution in [0, 0.1) is 23.2 Å². The Morgan fingerprint density at radius 3 is 2.03 bits per heavy atom. The highest BCUT2D eigenvalue weighted by Crippen LogP contribution is 2.60. The number of carbonyl (C=O) groups is 3. The van der Waals surface area contributed by atoms with E-state index < -0.39 is 23.9 Å². The van der Waals surface area contributed by atoms with Crippen LogP contribution in [0.1, 0.15) is 56.9 Å². The summed E-state index contributed by atoms with van der Waals surface area (Å²) in [6, 6.07) is 7.71. The zero-order valence-corrected chi connectivity index (χ0v) is 21.7. The van der Waals surface area contributed by atoms with Crippen molar-refractivity contribution >= 4 is 23.7 Å². The van der Waals surface area contributed by atoms with Gasteiger partial charge in [0.1, 0.15) is 12.1 Å². The molecule has 37 heavy (non-hydrogen) atoms. The molecular formula is C27H42N6O4. The summed E-state index contributed by atoms with van der Waals surface area (Å²) in [4.78, 5) is 43.0. The lowest BCUT2D eigenvalue weighted by Gasteiger charge is -2.55. The average molecular weight is 515 g/mol. The minimum Gasteiger partial charge on any atom is -0.400 e. The van der Waals surface area contributed by atoms with Crippen molar-refractivity contribution in [3.05, 3.63) is 35.9 Å². The van der Waals surface area contributed by atoms with E-state index in [1.165, 1.54) is 19.3 Å². The van der Waals surface area contributed by atoms with Gasteiger partial charge in [-0.15, -0.1) is 0 Å². The van der Waals surface area contributed by atoms with Gasteiger partial charge < -0.3 is 32.9 Å². The van der Waals surface area contributed by atoms with Crippen molar-refractivity contribution in [2.75, 3.05) is 13.7 Å². The second-order valence-corrected chi connectivity index (χ2v) is 10.8. The van der Waals surface area contributed by atoms with Crippen molar-refractivity contribution in [1.82, 2.24) is 10.6 Å². The quantitative estimate of drug-likeness (QED) is 0.142. The normalized spacial score (nSPS) is 26.7. The van der Waals surface area contributed by atoms with Crippen molar-refractivity contribution in [3.8, 4) is 0 Å². The van der Waals surface area contributed by atoms with Crippen molar-refractivity contribution in [2.45, 2.75) is 69.9 Å². The molecule has 10 heteroatoms. The summed E-state index contributed by atoms with van der Waals surface area (Å²) in [5.41, 5.74) is 17.0. The van der Waals surface area contributed by atoms with Crippen molar-refractivity contribution in [2.24, 2.45) is 45.4 Å². The lowest BCUT2D eigenvalue weighted by atomic mass is 9.49. The summed E-state index contributed by atoms with van der Waals surface area (Å²) in [5.74, 6) is 0.780. The number of rotatable bonds is 11. The van der Waals surface area contributed by atoms with Crippen LogP contribution in [0.4, 0.5) is 0 Å². The first-order chi connectivity index (χ1) is 17.7. The van der Waals surface area contributed by atoms with Gasteiger partial charge in [0.15, 0.2) is 5.96 Å². The molecule has 0 aromatic heterocycles. The number of carbonyl (C=O) groups excluding carboxylic acids is 3. The van der Waals surface area contributed by atoms with Gasteiger partial charge in [-0.05, 0) is 74.7 Å². The summed E-state index contributed by atoms with van der Waals surface area (Å²) < 4.78 is 0. The Bertz CT molecular complexity index is 928. The van der Waals surface area contributed by atoms with Crippen molar-refractivity contribution in [1.29, 1.82) is 0 Å². The second kappa shape index (κ2) is 12.9. The number of guanidine groups is 1. The number of nitrogens with zero attached hydrogens (tertiary/aromatic N) is 1. The van der Waals surface area contributed by atoms with Crippen molar-refractivity contribution in [3.63, 3.8) is 0 Å². The minimum atomic E-state index is -0.874. The number of aliphatic hydroxyl groups is 1. The summed E-state index contributed by atoms with van der Waals surface area (Å²) in [6.45, 7) is 0.350. The predicted octanol–water partition coefficient (Wildman–Crippen LogP) is 0.563. The van der Waals surface area contributed by atoms with E-state index in [2.05, 4.69) is 15.6 Å². The van der Waals surface area contributed by atoms with Gasteiger partial charge in [-0.25, -0.2) is 0 Å². The van der Waals surface area contributed by atoms with E-state index in [4.69, 9.17) is 22.3 Å². The third kappa shape index (κ3) is 7.44. The summed E-state index contributed by atoms with van der Waals surface area (Å²) in [6.07, 6.45) is 7.57. The molecule has 0 saturated heterocycles. The van der Waals surface area contributed by atoms with E-state index in [0.717, 1.165) is 31.9 Å². The first-order valence-corrected chi connectivity index (χ1v) is 13.2. The first-order valence-electron chi connectivity index (χ1n) is 13.2. The molecule has 0 heterocycles. The molecule has 0 unspecified atom stereocenters. The topological polar surface area (TPSA) is 186 Å². The molecule has 9 N–H and O–H groups in total. The van der Waals surface area contributed by atoms with E-state index in [9.17, 15) is 14.4 Å². The molecule has 2 atom stereocenters. The highest BCUT2D eigenvalue weighted by molar-refractivity contribution is 5.93. The van der Waals surface area contributed by atoms with Gasteiger partial charge in [0.05, 0.1) is 0 Å². The van der Waals surface area contributed by atoms with Crippen molar-refractivity contribution < 1.29 is 19.5 Å². The smallest absolute Gasteiger partial charge is 0.243 e. The fourth-order valence-electron chi connectivity index (χ4n) is 6.82. The molecule has 1 aromatic carbocycles. The molecule has 0 aliphatic heterocycles. The van der Waals surface area contributed by atoms with Crippen LogP contribution in [0.15, 0.2) is 35.3 Å². The largest absolute Gasteiger partial charge is 0.400 e. The zero-order valence-electron chi connectivity index (χ0n) is 21.7. The van der Waals surface area contributed by atoms with Crippen LogP contribution in [-0.2, 0) is 20.8 Å². The maximum absolute atomic E-state index is 13.6. The summed E-state index contributed by atoms with van der Waals surface area (Å²) in [5, 5.41) is 12.8. The standard InChI is InChI=1S/C26H38N6O3.CH4O/c27-22(33)21(12-16-5-2-1-3-6-16)31-23(34)20(7-4-8-30-25(28)29)32-24(35)26-13-17-9-18(14-26)11-19(10-17)15-26;1-2/h1-3,5-6,17-21H,4,7-15H2,(H2,27,33)(H,31,34)(H,32,35)(H4,28,29,30);2H,1H3/t17?,18?,19?,20-,21-,26?;/m0./s1. The highest BCUT2D eigenvalue weighted by Gasteiger charge is 2.55. The number of amides is 3. The maximum Gasteiger partial charge on any atom is 0.243 e. The summed E-state index contributed by atoms with van der Waals surface area (Å²) in [7, 11) is 1.00. The van der Waals surface area contributed by atoms with Crippen LogP contribution in [0.2, 0.25) is 0 Å². The van der Waals surface area contributed by atoms with Crippen LogP contribution in [0.3, 0.4) is 0 Å². The van der Waals surface area contributed by atoms with E-state index in [-0.39, 0.29) is 23.7 Å². The van der Waals surface area contributed by atoms with E-state index in [1.54, 1.807) is 0 Å². The van der Waals surface area contributed by atoms with Crippen LogP contribution < -0.4 is 27.8 Å². The number of hydrogen-bond donors (Lipinski definition) is 6. The van der Waals surface area contributed by atoms with Gasteiger partial charge in [-0.3, -0.25) is 19.4 Å². The number of benzene rings is 1. The fraction of sp³-hybridized carbons (Fsp3) is 0.630. The van der Waals surface area contributed by atoms with Gasteiger partial charge in [0.25, 0.3) is 0 Å². The third-order valence-corrected chi connectivity index (χ3v) is 8.03. The SMILES string of the molecule is CO.NC(=O)[C@H](Cc1ccccc1)NC(=O)[C@H](CCCN=C(N)N)NC(=O)C12CC3CC(CC(C3)C1)C2. The van der Waals surface area contributed by atoms with Gasteiger partial charge in [0.2, 0.25) is 17.7 Å². The Morgan fingerprint density at radius 1 is 0.946 bits per heavy atom. The molecule has 0 spiro atoms. The molecule has 10 nitrogen and oxygen atoms in total. The molecule has 4 aliphatic rings. The molecule has 3 amide bonds. The lowest BCUT2D eigenvalue weighted by molar-refractivity contribution is -0.148. The number of nitrogens with two attached hydrogens (primary N) is 3. The Morgan fingerprint density at radius 2 is 1.51 bits per heavy atom. The minimum absolute atomic E-state index is 0.0137. The zero-order chi connectivity index (χ0) is 27.0.